The zero-order valence-electron chi connectivity index (χ0n) is 14.1. The molecule has 2 aromatic carbocycles. The van der Waals surface area contributed by atoms with Crippen molar-refractivity contribution in [2.45, 2.75) is 12.5 Å². The van der Waals surface area contributed by atoms with E-state index in [1.54, 1.807) is 24.3 Å². The van der Waals surface area contributed by atoms with Crippen LogP contribution < -0.4 is 10.6 Å². The van der Waals surface area contributed by atoms with Gasteiger partial charge in [0, 0.05) is 16.8 Å². The first kappa shape index (κ1) is 18.8. The maximum atomic E-state index is 13.2. The molecule has 6 nitrogen and oxygen atoms in total. The van der Waals surface area contributed by atoms with E-state index in [1.807, 2.05) is 0 Å². The lowest BCUT2D eigenvalue weighted by Crippen LogP contribution is -2.42. The Bertz CT molecular complexity index is 936. The van der Waals surface area contributed by atoms with E-state index in [-0.39, 0.29) is 5.69 Å². The molecule has 27 heavy (non-hydrogen) atoms. The molecular weight excluding hydrogens is 380 g/mol. The SMILES string of the molecule is C[C@@]1(c2ccc(Cl)cc2)NC(=O)N(CC(=O)Nc2ccc(F)c(F)c2)C1=O. The second-order valence-corrected chi connectivity index (χ2v) is 6.57. The van der Waals surface area contributed by atoms with E-state index in [0.717, 1.165) is 17.0 Å². The van der Waals surface area contributed by atoms with Crippen molar-refractivity contribution in [3.8, 4) is 0 Å². The molecule has 1 saturated heterocycles. The highest BCUT2D eigenvalue weighted by molar-refractivity contribution is 6.30. The lowest BCUT2D eigenvalue weighted by atomic mass is 9.92. The van der Waals surface area contributed by atoms with Gasteiger partial charge in [-0.15, -0.1) is 0 Å². The summed E-state index contributed by atoms with van der Waals surface area (Å²) >= 11 is 5.84. The molecule has 2 N–H and O–H groups in total. The molecule has 2 aromatic rings. The molecule has 1 aliphatic heterocycles. The van der Waals surface area contributed by atoms with Crippen LogP contribution in [0.4, 0.5) is 19.3 Å². The Labute approximate surface area is 158 Å². The van der Waals surface area contributed by atoms with Crippen molar-refractivity contribution < 1.29 is 23.2 Å². The quantitative estimate of drug-likeness (QED) is 0.784. The number of carbonyl (C=O) groups excluding carboxylic acids is 3. The van der Waals surface area contributed by atoms with Crippen LogP contribution in [0.25, 0.3) is 0 Å². The van der Waals surface area contributed by atoms with Crippen LogP contribution in [0.1, 0.15) is 12.5 Å². The maximum absolute atomic E-state index is 13.2. The van der Waals surface area contributed by atoms with Gasteiger partial charge in [-0.2, -0.15) is 0 Å². The number of halogens is 3. The normalized spacial score (nSPS) is 19.2. The third kappa shape index (κ3) is 3.61. The van der Waals surface area contributed by atoms with Crippen molar-refractivity contribution in [3.63, 3.8) is 0 Å². The van der Waals surface area contributed by atoms with Crippen LogP contribution >= 0.6 is 11.6 Å². The molecule has 9 heteroatoms. The number of nitrogens with zero attached hydrogens (tertiary/aromatic N) is 1. The van der Waals surface area contributed by atoms with Crippen molar-refractivity contribution in [1.29, 1.82) is 0 Å². The molecule has 1 atom stereocenters. The van der Waals surface area contributed by atoms with Crippen molar-refractivity contribution in [2.24, 2.45) is 0 Å². The smallest absolute Gasteiger partial charge is 0.324 e. The van der Waals surface area contributed by atoms with Gasteiger partial charge in [0.2, 0.25) is 5.91 Å². The number of nitrogens with one attached hydrogen (secondary N) is 2. The molecule has 1 fully saturated rings. The summed E-state index contributed by atoms with van der Waals surface area (Å²) in [6.07, 6.45) is 0. The molecule has 3 rings (SSSR count). The number of carbonyl (C=O) groups is 3. The van der Waals surface area contributed by atoms with Crippen LogP contribution in [0.5, 0.6) is 0 Å². The Morgan fingerprint density at radius 1 is 1.15 bits per heavy atom. The topological polar surface area (TPSA) is 78.5 Å². The van der Waals surface area contributed by atoms with Gasteiger partial charge >= 0.3 is 6.03 Å². The summed E-state index contributed by atoms with van der Waals surface area (Å²) in [7, 11) is 0. The molecule has 0 unspecified atom stereocenters. The molecule has 0 aromatic heterocycles. The fourth-order valence-electron chi connectivity index (χ4n) is 2.74. The van der Waals surface area contributed by atoms with Crippen LogP contribution in [-0.4, -0.2) is 29.3 Å². The van der Waals surface area contributed by atoms with Crippen LogP contribution in [0.3, 0.4) is 0 Å². The predicted octanol–water partition coefficient (Wildman–Crippen LogP) is 3.02. The van der Waals surface area contributed by atoms with E-state index in [1.165, 1.54) is 13.0 Å². The fourth-order valence-corrected chi connectivity index (χ4v) is 2.86. The van der Waals surface area contributed by atoms with Gasteiger partial charge in [-0.25, -0.2) is 13.6 Å². The molecule has 0 aliphatic carbocycles. The number of imide groups is 1. The van der Waals surface area contributed by atoms with Gasteiger partial charge in [-0.1, -0.05) is 23.7 Å². The van der Waals surface area contributed by atoms with Crippen LogP contribution in [0.15, 0.2) is 42.5 Å². The van der Waals surface area contributed by atoms with E-state index in [0.29, 0.717) is 10.6 Å². The monoisotopic (exact) mass is 393 g/mol. The summed E-state index contributed by atoms with van der Waals surface area (Å²) in [6.45, 7) is 0.941. The summed E-state index contributed by atoms with van der Waals surface area (Å²) in [4.78, 5) is 37.8. The lowest BCUT2D eigenvalue weighted by Gasteiger charge is -2.22. The second kappa shape index (κ2) is 6.96. The Morgan fingerprint density at radius 3 is 2.44 bits per heavy atom. The van der Waals surface area contributed by atoms with E-state index in [9.17, 15) is 23.2 Å². The number of amides is 4. The van der Waals surface area contributed by atoms with Crippen molar-refractivity contribution >= 4 is 35.1 Å². The number of urea groups is 1. The third-order valence-electron chi connectivity index (χ3n) is 4.20. The second-order valence-electron chi connectivity index (χ2n) is 6.13. The van der Waals surface area contributed by atoms with E-state index < -0.39 is 41.6 Å². The molecule has 0 spiro atoms. The maximum Gasteiger partial charge on any atom is 0.325 e. The highest BCUT2D eigenvalue weighted by atomic mass is 35.5. The van der Waals surface area contributed by atoms with Crippen molar-refractivity contribution in [1.82, 2.24) is 10.2 Å². The molecule has 1 aliphatic rings. The Morgan fingerprint density at radius 2 is 1.81 bits per heavy atom. The van der Waals surface area contributed by atoms with Gasteiger partial charge in [0.25, 0.3) is 5.91 Å². The van der Waals surface area contributed by atoms with E-state index in [4.69, 9.17) is 11.6 Å². The van der Waals surface area contributed by atoms with Gasteiger partial charge in [0.15, 0.2) is 11.6 Å². The van der Waals surface area contributed by atoms with Gasteiger partial charge in [-0.3, -0.25) is 14.5 Å². The molecule has 1 heterocycles. The summed E-state index contributed by atoms with van der Waals surface area (Å²) in [6, 6.07) is 8.46. The summed E-state index contributed by atoms with van der Waals surface area (Å²) in [5.74, 6) is -3.53. The van der Waals surface area contributed by atoms with Crippen molar-refractivity contribution in [3.05, 3.63) is 64.7 Å². The standard InChI is InChI=1S/C18H14ClF2N3O3/c1-18(10-2-4-11(19)5-3-10)16(26)24(17(27)23-18)9-15(25)22-12-6-7-13(20)14(21)8-12/h2-8H,9H2,1H3,(H,22,25)(H,23,27)/t18-/m0/s1. The third-order valence-corrected chi connectivity index (χ3v) is 4.45. The minimum Gasteiger partial charge on any atom is -0.324 e. The number of benzene rings is 2. The first-order chi connectivity index (χ1) is 12.7. The van der Waals surface area contributed by atoms with Crippen LogP contribution in [0, 0.1) is 11.6 Å². The highest BCUT2D eigenvalue weighted by Crippen LogP contribution is 2.29. The Balaban J connectivity index is 1.74. The van der Waals surface area contributed by atoms with Crippen LogP contribution in [0.2, 0.25) is 5.02 Å². The zero-order valence-corrected chi connectivity index (χ0v) is 14.8. The minimum atomic E-state index is -1.34. The Kier molecular flexibility index (Phi) is 4.84. The highest BCUT2D eigenvalue weighted by Gasteiger charge is 2.49. The van der Waals surface area contributed by atoms with Crippen molar-refractivity contribution in [2.75, 3.05) is 11.9 Å². The number of anilines is 1. The fraction of sp³-hybridized carbons (Fsp3) is 0.167. The average molecular weight is 394 g/mol. The largest absolute Gasteiger partial charge is 0.325 e. The van der Waals surface area contributed by atoms with Gasteiger partial charge in [0.05, 0.1) is 0 Å². The lowest BCUT2D eigenvalue weighted by molar-refractivity contribution is -0.133. The molecule has 140 valence electrons. The van der Waals surface area contributed by atoms with Gasteiger partial charge in [0.1, 0.15) is 12.1 Å². The molecule has 0 bridgehead atoms. The van der Waals surface area contributed by atoms with Crippen LogP contribution in [-0.2, 0) is 15.1 Å². The molecular formula is C18H14ClF2N3O3. The average Bonchev–Trinajstić information content (AvgIpc) is 2.83. The predicted molar refractivity (Wildman–Crippen MR) is 94.0 cm³/mol. The molecule has 0 radical (unpaired) electrons. The minimum absolute atomic E-state index is 0.00594. The Hall–Kier alpha value is -3.00. The van der Waals surface area contributed by atoms with E-state index in [2.05, 4.69) is 10.6 Å². The first-order valence-corrected chi connectivity index (χ1v) is 8.23. The summed E-state index contributed by atoms with van der Waals surface area (Å²) in [5.41, 5.74) is -0.829. The summed E-state index contributed by atoms with van der Waals surface area (Å²) in [5, 5.41) is 5.35. The number of rotatable bonds is 4. The van der Waals surface area contributed by atoms with Gasteiger partial charge in [-0.05, 0) is 36.8 Å². The zero-order chi connectivity index (χ0) is 19.8. The molecule has 0 saturated carbocycles. The number of hydrogen-bond donors (Lipinski definition) is 2. The summed E-state index contributed by atoms with van der Waals surface area (Å²) < 4.78 is 26.1. The first-order valence-electron chi connectivity index (χ1n) is 7.86. The number of hydrogen-bond acceptors (Lipinski definition) is 3. The van der Waals surface area contributed by atoms with Gasteiger partial charge < -0.3 is 10.6 Å². The van der Waals surface area contributed by atoms with E-state index >= 15 is 0 Å². The molecule has 4 amide bonds.